The molecule has 0 spiro atoms. The lowest BCUT2D eigenvalue weighted by Gasteiger charge is -2.07. The highest BCUT2D eigenvalue weighted by Gasteiger charge is 2.12. The molecule has 0 aliphatic heterocycles. The molecule has 1 amide bonds. The predicted molar refractivity (Wildman–Crippen MR) is 96.8 cm³/mol. The average molecular weight is 405 g/mol. The van der Waals surface area contributed by atoms with Crippen LogP contribution in [0, 0.1) is 0 Å². The largest absolute Gasteiger partial charge is 0.504 e. The van der Waals surface area contributed by atoms with E-state index in [9.17, 15) is 9.90 Å². The number of fused-ring (bicyclic) bond motifs is 1. The number of aromatic hydroxyl groups is 1. The van der Waals surface area contributed by atoms with Gasteiger partial charge in [0.05, 0.1) is 13.5 Å². The Morgan fingerprint density at radius 1 is 1.32 bits per heavy atom. The highest BCUT2D eigenvalue weighted by molar-refractivity contribution is 9.10. The van der Waals surface area contributed by atoms with Gasteiger partial charge in [-0.05, 0) is 42.3 Å². The molecule has 1 heterocycles. The minimum Gasteiger partial charge on any atom is -0.504 e. The Kier molecular flexibility index (Phi) is 5.23. The number of amides is 1. The quantitative estimate of drug-likeness (QED) is 0.658. The highest BCUT2D eigenvalue weighted by Crippen LogP contribution is 2.26. The van der Waals surface area contributed by atoms with E-state index in [1.807, 2.05) is 18.2 Å². The molecule has 3 rings (SSSR count). The number of halogens is 1. The summed E-state index contributed by atoms with van der Waals surface area (Å²) >= 11 is 3.40. The molecule has 0 fully saturated rings. The Hall–Kier alpha value is -2.54. The summed E-state index contributed by atoms with van der Waals surface area (Å²) < 4.78 is 11.2. The summed E-state index contributed by atoms with van der Waals surface area (Å²) in [4.78, 5) is 12.1. The minimum atomic E-state index is -0.124. The molecule has 6 nitrogen and oxygen atoms in total. The zero-order valence-corrected chi connectivity index (χ0v) is 15.2. The van der Waals surface area contributed by atoms with E-state index in [2.05, 4.69) is 26.4 Å². The summed E-state index contributed by atoms with van der Waals surface area (Å²) in [5.74, 6) is 0.392. The summed E-state index contributed by atoms with van der Waals surface area (Å²) in [6, 6.07) is 10.7. The van der Waals surface area contributed by atoms with Crippen LogP contribution in [0.3, 0.4) is 0 Å². The van der Waals surface area contributed by atoms with Crippen molar-refractivity contribution in [1.29, 1.82) is 0 Å². The fourth-order valence-corrected chi connectivity index (χ4v) is 2.89. The van der Waals surface area contributed by atoms with Gasteiger partial charge in [-0.2, -0.15) is 0 Å². The van der Waals surface area contributed by atoms with Crippen molar-refractivity contribution in [1.82, 2.24) is 10.5 Å². The molecule has 7 heteroatoms. The van der Waals surface area contributed by atoms with Crippen LogP contribution >= 0.6 is 15.9 Å². The molecule has 0 atom stereocenters. The number of nitrogens with one attached hydrogen (secondary N) is 1. The summed E-state index contributed by atoms with van der Waals surface area (Å²) in [7, 11) is 1.50. The van der Waals surface area contributed by atoms with E-state index in [0.717, 1.165) is 15.4 Å². The van der Waals surface area contributed by atoms with Gasteiger partial charge in [-0.1, -0.05) is 27.2 Å². The molecule has 1 aromatic heterocycles. The molecular weight excluding hydrogens is 388 g/mol. The van der Waals surface area contributed by atoms with Gasteiger partial charge in [0.2, 0.25) is 5.91 Å². The standard InChI is InChI=1S/C18H17BrN2O4/c1-24-17-8-11(2-4-15(17)22)6-7-20-18(23)10-14-13-9-12(19)3-5-16(13)25-21-14/h2-5,8-9,22H,6-7,10H2,1H3,(H,20,23). The fourth-order valence-electron chi connectivity index (χ4n) is 2.53. The maximum absolute atomic E-state index is 12.1. The molecule has 2 N–H and O–H groups in total. The van der Waals surface area contributed by atoms with Gasteiger partial charge in [0.1, 0.15) is 5.69 Å². The minimum absolute atomic E-state index is 0.0966. The molecule has 0 radical (unpaired) electrons. The van der Waals surface area contributed by atoms with Crippen LogP contribution in [-0.4, -0.2) is 29.8 Å². The van der Waals surface area contributed by atoms with Gasteiger partial charge in [0, 0.05) is 16.4 Å². The van der Waals surface area contributed by atoms with Gasteiger partial charge in [0.15, 0.2) is 17.1 Å². The lowest BCUT2D eigenvalue weighted by molar-refractivity contribution is -0.120. The molecule has 0 aliphatic rings. The first-order chi connectivity index (χ1) is 12.1. The molecular formula is C18H17BrN2O4. The number of rotatable bonds is 6. The van der Waals surface area contributed by atoms with E-state index in [1.54, 1.807) is 18.2 Å². The number of hydrogen-bond donors (Lipinski definition) is 2. The lowest BCUT2D eigenvalue weighted by Crippen LogP contribution is -2.27. The Morgan fingerprint density at radius 3 is 2.96 bits per heavy atom. The SMILES string of the molecule is COc1cc(CCNC(=O)Cc2noc3ccc(Br)cc23)ccc1O. The molecule has 2 aromatic carbocycles. The molecule has 130 valence electrons. The second-order valence-electron chi connectivity index (χ2n) is 5.55. The first-order valence-electron chi connectivity index (χ1n) is 7.73. The van der Waals surface area contributed by atoms with Crippen LogP contribution in [0.1, 0.15) is 11.3 Å². The first kappa shape index (κ1) is 17.3. The topological polar surface area (TPSA) is 84.6 Å². The zero-order valence-electron chi connectivity index (χ0n) is 13.6. The van der Waals surface area contributed by atoms with Crippen molar-refractivity contribution in [3.05, 3.63) is 52.1 Å². The molecule has 0 bridgehead atoms. The van der Waals surface area contributed by atoms with Gasteiger partial charge >= 0.3 is 0 Å². The van der Waals surface area contributed by atoms with Crippen LogP contribution in [0.15, 0.2) is 45.4 Å². The number of phenolic OH excluding ortho intramolecular Hbond substituents is 1. The third kappa shape index (κ3) is 4.11. The highest BCUT2D eigenvalue weighted by atomic mass is 79.9. The van der Waals surface area contributed by atoms with Crippen LogP contribution in [0.5, 0.6) is 11.5 Å². The van der Waals surface area contributed by atoms with Crippen molar-refractivity contribution >= 4 is 32.8 Å². The Morgan fingerprint density at radius 2 is 2.16 bits per heavy atom. The molecule has 3 aromatic rings. The Balaban J connectivity index is 1.57. The van der Waals surface area contributed by atoms with E-state index >= 15 is 0 Å². The molecule has 25 heavy (non-hydrogen) atoms. The van der Waals surface area contributed by atoms with Gasteiger partial charge in [-0.15, -0.1) is 0 Å². The second-order valence-corrected chi connectivity index (χ2v) is 6.47. The van der Waals surface area contributed by atoms with E-state index < -0.39 is 0 Å². The Bertz CT molecular complexity index is 907. The number of carbonyl (C=O) groups excluding carboxylic acids is 1. The average Bonchev–Trinajstić information content (AvgIpc) is 2.98. The number of hydrogen-bond acceptors (Lipinski definition) is 5. The maximum atomic E-state index is 12.1. The molecule has 0 saturated heterocycles. The third-order valence-corrected chi connectivity index (χ3v) is 4.31. The van der Waals surface area contributed by atoms with Crippen LogP contribution in [0.2, 0.25) is 0 Å². The Labute approximate surface area is 152 Å². The van der Waals surface area contributed by atoms with Crippen molar-refractivity contribution in [2.45, 2.75) is 12.8 Å². The fraction of sp³-hybridized carbons (Fsp3) is 0.222. The first-order valence-corrected chi connectivity index (χ1v) is 8.52. The van der Waals surface area contributed by atoms with Gasteiger partial charge in [-0.25, -0.2) is 0 Å². The number of methoxy groups -OCH3 is 1. The van der Waals surface area contributed by atoms with Gasteiger partial charge in [0.25, 0.3) is 0 Å². The van der Waals surface area contributed by atoms with E-state index in [0.29, 0.717) is 30.0 Å². The van der Waals surface area contributed by atoms with Crippen LogP contribution in [-0.2, 0) is 17.6 Å². The van der Waals surface area contributed by atoms with Gasteiger partial charge < -0.3 is 19.7 Å². The summed E-state index contributed by atoms with van der Waals surface area (Å²) in [5.41, 5.74) is 2.23. The summed E-state index contributed by atoms with van der Waals surface area (Å²) in [5, 5.41) is 17.3. The molecule has 0 saturated carbocycles. The van der Waals surface area contributed by atoms with Crippen molar-refractivity contribution < 1.29 is 19.2 Å². The monoisotopic (exact) mass is 404 g/mol. The van der Waals surface area contributed by atoms with Crippen molar-refractivity contribution in [3.63, 3.8) is 0 Å². The summed E-state index contributed by atoms with van der Waals surface area (Å²) in [6.45, 7) is 0.478. The molecule has 0 unspecified atom stereocenters. The number of aromatic nitrogens is 1. The number of ether oxygens (including phenoxy) is 1. The number of carbonyl (C=O) groups is 1. The molecule has 0 aliphatic carbocycles. The maximum Gasteiger partial charge on any atom is 0.226 e. The number of benzene rings is 2. The normalized spacial score (nSPS) is 10.8. The van der Waals surface area contributed by atoms with Crippen molar-refractivity contribution in [3.8, 4) is 11.5 Å². The van der Waals surface area contributed by atoms with Gasteiger partial charge in [-0.3, -0.25) is 4.79 Å². The van der Waals surface area contributed by atoms with E-state index in [1.165, 1.54) is 7.11 Å². The van der Waals surface area contributed by atoms with Crippen molar-refractivity contribution in [2.24, 2.45) is 0 Å². The van der Waals surface area contributed by atoms with Crippen LogP contribution in [0.4, 0.5) is 0 Å². The van der Waals surface area contributed by atoms with Crippen LogP contribution < -0.4 is 10.1 Å². The van der Waals surface area contributed by atoms with Crippen LogP contribution in [0.25, 0.3) is 11.0 Å². The van der Waals surface area contributed by atoms with Crippen molar-refractivity contribution in [2.75, 3.05) is 13.7 Å². The van der Waals surface area contributed by atoms with E-state index in [-0.39, 0.29) is 18.1 Å². The lowest BCUT2D eigenvalue weighted by atomic mass is 10.1. The summed E-state index contributed by atoms with van der Waals surface area (Å²) in [6.07, 6.45) is 0.788. The third-order valence-electron chi connectivity index (χ3n) is 3.81. The number of nitrogens with zero attached hydrogens (tertiary/aromatic N) is 1. The second kappa shape index (κ2) is 7.57. The number of phenols is 1. The zero-order chi connectivity index (χ0) is 17.8. The smallest absolute Gasteiger partial charge is 0.226 e. The predicted octanol–water partition coefficient (Wildman–Crippen LogP) is 3.21. The van der Waals surface area contributed by atoms with E-state index in [4.69, 9.17) is 9.26 Å².